The molecule has 106 valence electrons. The third-order valence-electron chi connectivity index (χ3n) is 3.60. The first-order chi connectivity index (χ1) is 9.49. The molecule has 2 rings (SSSR count). The summed E-state index contributed by atoms with van der Waals surface area (Å²) in [5.74, 6) is -0.0491. The largest absolute Gasteiger partial charge is 0.348 e. The van der Waals surface area contributed by atoms with Crippen LogP contribution in [0.25, 0.3) is 0 Å². The number of hydrogen-bond acceptors (Lipinski definition) is 3. The van der Waals surface area contributed by atoms with Crippen LogP contribution in [-0.4, -0.2) is 20.7 Å². The highest BCUT2D eigenvalue weighted by Crippen LogP contribution is 2.12. The lowest BCUT2D eigenvalue weighted by Crippen LogP contribution is -2.30. The lowest BCUT2D eigenvalue weighted by Gasteiger charge is -2.14. The van der Waals surface area contributed by atoms with E-state index in [0.717, 1.165) is 22.5 Å². The van der Waals surface area contributed by atoms with Gasteiger partial charge < -0.3 is 5.32 Å². The minimum absolute atomic E-state index is 0.0491. The highest BCUT2D eigenvalue weighted by Gasteiger charge is 2.13. The molecule has 0 saturated heterocycles. The molecule has 0 aliphatic rings. The first kappa shape index (κ1) is 14.2. The molecular weight excluding hydrogens is 252 g/mol. The van der Waals surface area contributed by atoms with Gasteiger partial charge in [-0.15, -0.1) is 0 Å². The normalized spacial score (nSPS) is 12.2. The Morgan fingerprint density at radius 2 is 2.15 bits per heavy atom. The highest BCUT2D eigenvalue weighted by atomic mass is 16.2. The molecule has 0 saturated carbocycles. The Bertz CT molecular complexity index is 604. The van der Waals surface area contributed by atoms with Crippen LogP contribution >= 0.6 is 0 Å². The molecule has 1 N–H and O–H groups in total. The number of carbonyl (C=O) groups excluding carboxylic acids is 1. The Morgan fingerprint density at radius 3 is 2.70 bits per heavy atom. The smallest absolute Gasteiger partial charge is 0.242 e. The monoisotopic (exact) mass is 272 g/mol. The molecule has 1 amide bonds. The van der Waals surface area contributed by atoms with Crippen LogP contribution in [-0.2, 0) is 11.3 Å². The highest BCUT2D eigenvalue weighted by molar-refractivity contribution is 5.76. The van der Waals surface area contributed by atoms with Gasteiger partial charge in [-0.2, -0.15) is 5.10 Å². The van der Waals surface area contributed by atoms with Crippen molar-refractivity contribution < 1.29 is 4.79 Å². The van der Waals surface area contributed by atoms with E-state index in [1.54, 1.807) is 17.1 Å². The lowest BCUT2D eigenvalue weighted by atomic mass is 10.1. The lowest BCUT2D eigenvalue weighted by molar-refractivity contribution is -0.122. The van der Waals surface area contributed by atoms with E-state index in [4.69, 9.17) is 0 Å². The second-order valence-corrected chi connectivity index (χ2v) is 5.03. The van der Waals surface area contributed by atoms with Gasteiger partial charge in [0.2, 0.25) is 5.91 Å². The van der Waals surface area contributed by atoms with E-state index in [1.165, 1.54) is 0 Å². The molecule has 0 fully saturated rings. The first-order valence-electron chi connectivity index (χ1n) is 6.69. The Morgan fingerprint density at radius 1 is 1.40 bits per heavy atom. The zero-order chi connectivity index (χ0) is 14.7. The summed E-state index contributed by atoms with van der Waals surface area (Å²) < 4.78 is 1.75. The molecule has 0 bridgehead atoms. The summed E-state index contributed by atoms with van der Waals surface area (Å²) in [6.07, 6.45) is 3.48. The first-order valence-corrected chi connectivity index (χ1v) is 6.69. The number of nitrogens with zero attached hydrogens (tertiary/aromatic N) is 3. The van der Waals surface area contributed by atoms with Crippen molar-refractivity contribution in [2.45, 2.75) is 40.3 Å². The van der Waals surface area contributed by atoms with Crippen LogP contribution in [0.2, 0.25) is 0 Å². The predicted octanol–water partition coefficient (Wildman–Crippen LogP) is 2.08. The number of carbonyl (C=O) groups is 1. The Hall–Kier alpha value is -2.17. The van der Waals surface area contributed by atoms with Crippen LogP contribution in [0.4, 0.5) is 0 Å². The van der Waals surface area contributed by atoms with Crippen LogP contribution in [0.15, 0.2) is 24.5 Å². The van der Waals surface area contributed by atoms with Crippen LogP contribution in [0.3, 0.4) is 0 Å². The summed E-state index contributed by atoms with van der Waals surface area (Å²) in [4.78, 5) is 16.1. The van der Waals surface area contributed by atoms with Gasteiger partial charge in [-0.25, -0.2) is 0 Å². The van der Waals surface area contributed by atoms with Crippen molar-refractivity contribution in [3.05, 3.63) is 47.0 Å². The summed E-state index contributed by atoms with van der Waals surface area (Å²) in [7, 11) is 0. The van der Waals surface area contributed by atoms with Crippen LogP contribution in [0.5, 0.6) is 0 Å². The molecule has 0 spiro atoms. The van der Waals surface area contributed by atoms with Crippen molar-refractivity contribution in [1.82, 2.24) is 20.1 Å². The van der Waals surface area contributed by atoms with E-state index in [2.05, 4.69) is 15.4 Å². The fraction of sp³-hybridized carbons (Fsp3) is 0.400. The zero-order valence-electron chi connectivity index (χ0n) is 12.3. The predicted molar refractivity (Wildman–Crippen MR) is 77.2 cm³/mol. The van der Waals surface area contributed by atoms with E-state index in [1.807, 2.05) is 39.8 Å². The second kappa shape index (κ2) is 5.86. The number of amides is 1. The maximum absolute atomic E-state index is 12.1. The maximum atomic E-state index is 12.1. The van der Waals surface area contributed by atoms with Crippen LogP contribution in [0.1, 0.15) is 35.5 Å². The molecule has 2 aromatic rings. The third-order valence-corrected chi connectivity index (χ3v) is 3.60. The summed E-state index contributed by atoms with van der Waals surface area (Å²) >= 11 is 0. The number of aromatic nitrogens is 3. The molecule has 1 unspecified atom stereocenters. The number of pyridine rings is 1. The summed E-state index contributed by atoms with van der Waals surface area (Å²) in [6, 6.07) is 3.75. The minimum atomic E-state index is -0.0609. The molecule has 5 nitrogen and oxygen atoms in total. The second-order valence-electron chi connectivity index (χ2n) is 5.03. The molecule has 0 aromatic carbocycles. The van der Waals surface area contributed by atoms with Crippen LogP contribution in [0, 0.1) is 20.8 Å². The summed E-state index contributed by atoms with van der Waals surface area (Å²) in [5, 5.41) is 7.33. The standard InChI is InChI=1S/C15H20N4O/c1-10-11(2)18-19(13(10)4)9-15(20)17-12(3)14-6-5-7-16-8-14/h5-8,12H,9H2,1-4H3,(H,17,20). The average molecular weight is 272 g/mol. The fourth-order valence-corrected chi connectivity index (χ4v) is 2.08. The Labute approximate surface area is 119 Å². The molecule has 5 heteroatoms. The van der Waals surface area contributed by atoms with Gasteiger partial charge in [0.25, 0.3) is 0 Å². The van der Waals surface area contributed by atoms with Crippen molar-refractivity contribution >= 4 is 5.91 Å². The molecule has 2 heterocycles. The molecular formula is C15H20N4O. The zero-order valence-corrected chi connectivity index (χ0v) is 12.3. The summed E-state index contributed by atoms with van der Waals surface area (Å²) in [5.41, 5.74) is 4.13. The van der Waals surface area contributed by atoms with Gasteiger partial charge in [-0.3, -0.25) is 14.5 Å². The molecule has 2 aromatic heterocycles. The van der Waals surface area contributed by atoms with E-state index >= 15 is 0 Å². The number of hydrogen-bond donors (Lipinski definition) is 1. The van der Waals surface area contributed by atoms with Crippen molar-refractivity contribution in [2.24, 2.45) is 0 Å². The molecule has 0 aliphatic carbocycles. The molecule has 1 atom stereocenters. The maximum Gasteiger partial charge on any atom is 0.242 e. The number of aryl methyl sites for hydroxylation is 1. The van der Waals surface area contributed by atoms with Crippen molar-refractivity contribution in [2.75, 3.05) is 0 Å². The van der Waals surface area contributed by atoms with Gasteiger partial charge in [0.05, 0.1) is 11.7 Å². The van der Waals surface area contributed by atoms with Gasteiger partial charge in [0.1, 0.15) is 6.54 Å². The van der Waals surface area contributed by atoms with E-state index in [-0.39, 0.29) is 18.5 Å². The van der Waals surface area contributed by atoms with Gasteiger partial charge in [0.15, 0.2) is 0 Å². The number of nitrogens with one attached hydrogen (secondary N) is 1. The van der Waals surface area contributed by atoms with E-state index in [9.17, 15) is 4.79 Å². The van der Waals surface area contributed by atoms with Crippen LogP contribution < -0.4 is 5.32 Å². The third kappa shape index (κ3) is 3.04. The van der Waals surface area contributed by atoms with Gasteiger partial charge in [-0.1, -0.05) is 6.07 Å². The SMILES string of the molecule is Cc1nn(CC(=O)NC(C)c2cccnc2)c(C)c1C. The van der Waals surface area contributed by atoms with Crippen molar-refractivity contribution in [1.29, 1.82) is 0 Å². The molecule has 0 radical (unpaired) electrons. The Kier molecular flexibility index (Phi) is 4.17. The van der Waals surface area contributed by atoms with Gasteiger partial charge in [-0.05, 0) is 44.9 Å². The average Bonchev–Trinajstić information content (AvgIpc) is 2.67. The van der Waals surface area contributed by atoms with Gasteiger partial charge in [0, 0.05) is 18.1 Å². The molecule has 20 heavy (non-hydrogen) atoms. The Balaban J connectivity index is 2.01. The van der Waals surface area contributed by atoms with E-state index in [0.29, 0.717) is 0 Å². The molecule has 0 aliphatic heterocycles. The minimum Gasteiger partial charge on any atom is -0.348 e. The summed E-state index contributed by atoms with van der Waals surface area (Å²) in [6.45, 7) is 8.14. The van der Waals surface area contributed by atoms with Crippen molar-refractivity contribution in [3.8, 4) is 0 Å². The topological polar surface area (TPSA) is 59.8 Å². The van der Waals surface area contributed by atoms with Crippen molar-refractivity contribution in [3.63, 3.8) is 0 Å². The fourth-order valence-electron chi connectivity index (χ4n) is 2.08. The van der Waals surface area contributed by atoms with Gasteiger partial charge >= 0.3 is 0 Å². The van der Waals surface area contributed by atoms with E-state index < -0.39 is 0 Å². The number of rotatable bonds is 4. The quantitative estimate of drug-likeness (QED) is 0.927.